The minimum atomic E-state index is 0.345. The third-order valence-corrected chi connectivity index (χ3v) is 3.88. The Balaban J connectivity index is 1.75. The predicted octanol–water partition coefficient (Wildman–Crippen LogP) is 4.19. The Hall–Kier alpha value is -1.41. The topological polar surface area (TPSA) is 17.1 Å². The van der Waals surface area contributed by atoms with Crippen molar-refractivity contribution in [3.8, 4) is 0 Å². The van der Waals surface area contributed by atoms with Gasteiger partial charge in [0.15, 0.2) is 0 Å². The van der Waals surface area contributed by atoms with Crippen molar-refractivity contribution >= 4 is 17.1 Å². The fraction of sp³-hybridized carbons (Fsp3) is 0.312. The molecule has 94 valence electrons. The number of ketones is 1. The summed E-state index contributed by atoms with van der Waals surface area (Å²) >= 11 is 1.77. The van der Waals surface area contributed by atoms with E-state index in [1.807, 2.05) is 12.1 Å². The normalized spacial score (nSPS) is 10.5. The minimum Gasteiger partial charge on any atom is -0.299 e. The van der Waals surface area contributed by atoms with E-state index in [0.29, 0.717) is 18.6 Å². The summed E-state index contributed by atoms with van der Waals surface area (Å²) in [5.41, 5.74) is 2.36. The van der Waals surface area contributed by atoms with E-state index in [0.717, 1.165) is 18.4 Å². The van der Waals surface area contributed by atoms with Crippen LogP contribution in [0.15, 0.2) is 41.8 Å². The summed E-state index contributed by atoms with van der Waals surface area (Å²) in [6, 6.07) is 12.4. The van der Waals surface area contributed by atoms with Crippen molar-refractivity contribution in [1.82, 2.24) is 0 Å². The lowest BCUT2D eigenvalue weighted by atomic mass is 10.0. The molecule has 2 heteroatoms. The van der Waals surface area contributed by atoms with Gasteiger partial charge in [0.1, 0.15) is 5.78 Å². The number of thiophene rings is 1. The standard InChI is InChI=1S/C16H18OS/c1-13-5-2-6-14(11-13)12-15(17)7-3-8-16-9-4-10-18-16/h2,4-6,9-11H,3,7-8,12H2,1H3. The highest BCUT2D eigenvalue weighted by Gasteiger charge is 2.04. The highest BCUT2D eigenvalue weighted by Crippen LogP contribution is 2.13. The number of rotatable bonds is 6. The molecular weight excluding hydrogens is 240 g/mol. The smallest absolute Gasteiger partial charge is 0.137 e. The minimum absolute atomic E-state index is 0.345. The molecule has 1 aromatic heterocycles. The van der Waals surface area contributed by atoms with E-state index in [1.165, 1.54) is 10.4 Å². The van der Waals surface area contributed by atoms with Crippen LogP contribution in [-0.4, -0.2) is 5.78 Å². The van der Waals surface area contributed by atoms with Gasteiger partial charge < -0.3 is 0 Å². The maximum Gasteiger partial charge on any atom is 0.137 e. The monoisotopic (exact) mass is 258 g/mol. The lowest BCUT2D eigenvalue weighted by molar-refractivity contribution is -0.118. The van der Waals surface area contributed by atoms with Gasteiger partial charge in [0.05, 0.1) is 0 Å². The van der Waals surface area contributed by atoms with Gasteiger partial charge in [-0.05, 0) is 36.8 Å². The molecule has 0 amide bonds. The predicted molar refractivity (Wildman–Crippen MR) is 77.1 cm³/mol. The molecule has 0 radical (unpaired) electrons. The third-order valence-electron chi connectivity index (χ3n) is 2.94. The molecule has 0 unspecified atom stereocenters. The van der Waals surface area contributed by atoms with E-state index < -0.39 is 0 Å². The molecule has 2 rings (SSSR count). The van der Waals surface area contributed by atoms with Gasteiger partial charge in [0.2, 0.25) is 0 Å². The Morgan fingerprint density at radius 3 is 2.83 bits per heavy atom. The molecular formula is C16H18OS. The van der Waals surface area contributed by atoms with Gasteiger partial charge in [-0.3, -0.25) is 4.79 Å². The first kappa shape index (κ1) is 13.0. The molecule has 1 nitrogen and oxygen atoms in total. The molecule has 0 N–H and O–H groups in total. The van der Waals surface area contributed by atoms with Crippen LogP contribution in [0.4, 0.5) is 0 Å². The second-order valence-corrected chi connectivity index (χ2v) is 5.67. The Bertz CT molecular complexity index is 500. The Kier molecular flexibility index (Phi) is 4.71. The molecule has 0 aliphatic rings. The maximum absolute atomic E-state index is 11.9. The fourth-order valence-corrected chi connectivity index (χ4v) is 2.80. The molecule has 0 saturated heterocycles. The summed E-state index contributed by atoms with van der Waals surface area (Å²) < 4.78 is 0. The fourth-order valence-electron chi connectivity index (χ4n) is 2.05. The largest absolute Gasteiger partial charge is 0.299 e. The Labute approximate surface area is 112 Å². The molecule has 1 heterocycles. The molecule has 0 fully saturated rings. The number of hydrogen-bond donors (Lipinski definition) is 0. The molecule has 0 atom stereocenters. The quantitative estimate of drug-likeness (QED) is 0.759. The molecule has 0 bridgehead atoms. The zero-order chi connectivity index (χ0) is 12.8. The lowest BCUT2D eigenvalue weighted by Gasteiger charge is -2.02. The van der Waals surface area contributed by atoms with Crippen molar-refractivity contribution < 1.29 is 4.79 Å². The van der Waals surface area contributed by atoms with E-state index in [1.54, 1.807) is 11.3 Å². The van der Waals surface area contributed by atoms with Gasteiger partial charge in [-0.15, -0.1) is 11.3 Å². The van der Waals surface area contributed by atoms with Gasteiger partial charge in [-0.2, -0.15) is 0 Å². The van der Waals surface area contributed by atoms with Crippen molar-refractivity contribution in [2.45, 2.75) is 32.6 Å². The zero-order valence-electron chi connectivity index (χ0n) is 10.7. The molecule has 0 spiro atoms. The van der Waals surface area contributed by atoms with Crippen molar-refractivity contribution in [1.29, 1.82) is 0 Å². The van der Waals surface area contributed by atoms with Crippen molar-refractivity contribution in [3.05, 3.63) is 57.8 Å². The zero-order valence-corrected chi connectivity index (χ0v) is 11.5. The second-order valence-electron chi connectivity index (χ2n) is 4.64. The average molecular weight is 258 g/mol. The first-order valence-corrected chi connectivity index (χ1v) is 7.21. The van der Waals surface area contributed by atoms with E-state index >= 15 is 0 Å². The molecule has 0 aliphatic carbocycles. The van der Waals surface area contributed by atoms with Crippen LogP contribution in [0.25, 0.3) is 0 Å². The highest BCUT2D eigenvalue weighted by molar-refractivity contribution is 7.09. The van der Waals surface area contributed by atoms with Gasteiger partial charge in [-0.25, -0.2) is 0 Å². The van der Waals surface area contributed by atoms with Crippen LogP contribution >= 0.6 is 11.3 Å². The van der Waals surface area contributed by atoms with Gasteiger partial charge in [0.25, 0.3) is 0 Å². The summed E-state index contributed by atoms with van der Waals surface area (Å²) in [5.74, 6) is 0.345. The van der Waals surface area contributed by atoms with Crippen molar-refractivity contribution in [3.63, 3.8) is 0 Å². The first-order chi connectivity index (χ1) is 8.74. The number of hydrogen-bond acceptors (Lipinski definition) is 2. The number of Topliss-reactive ketones (excluding diaryl/α,β-unsaturated/α-hetero) is 1. The molecule has 18 heavy (non-hydrogen) atoms. The van der Waals surface area contributed by atoms with E-state index in [9.17, 15) is 4.79 Å². The maximum atomic E-state index is 11.9. The van der Waals surface area contributed by atoms with Crippen molar-refractivity contribution in [2.24, 2.45) is 0 Å². The second kappa shape index (κ2) is 6.50. The summed E-state index contributed by atoms with van der Waals surface area (Å²) in [5, 5.41) is 2.09. The van der Waals surface area contributed by atoms with Gasteiger partial charge in [-0.1, -0.05) is 35.9 Å². The summed E-state index contributed by atoms with van der Waals surface area (Å²) in [6.07, 6.45) is 3.25. The number of benzene rings is 1. The number of carbonyl (C=O) groups excluding carboxylic acids is 1. The van der Waals surface area contributed by atoms with Crippen molar-refractivity contribution in [2.75, 3.05) is 0 Å². The first-order valence-electron chi connectivity index (χ1n) is 6.33. The molecule has 0 aliphatic heterocycles. The van der Waals surface area contributed by atoms with Crippen LogP contribution in [0.3, 0.4) is 0 Å². The van der Waals surface area contributed by atoms with E-state index in [4.69, 9.17) is 0 Å². The summed E-state index contributed by atoms with van der Waals surface area (Å²) in [6.45, 7) is 2.06. The van der Waals surface area contributed by atoms with Gasteiger partial charge >= 0.3 is 0 Å². The molecule has 0 saturated carbocycles. The van der Waals surface area contributed by atoms with Crippen LogP contribution < -0.4 is 0 Å². The van der Waals surface area contributed by atoms with Crippen LogP contribution in [0, 0.1) is 6.92 Å². The number of aryl methyl sites for hydroxylation is 2. The van der Waals surface area contributed by atoms with Crippen LogP contribution in [0.1, 0.15) is 28.8 Å². The highest BCUT2D eigenvalue weighted by atomic mass is 32.1. The Morgan fingerprint density at radius 2 is 2.11 bits per heavy atom. The SMILES string of the molecule is Cc1cccc(CC(=O)CCCc2cccs2)c1. The van der Waals surface area contributed by atoms with E-state index in [2.05, 4.69) is 36.6 Å². The molecule has 1 aromatic carbocycles. The summed E-state index contributed by atoms with van der Waals surface area (Å²) in [4.78, 5) is 13.2. The van der Waals surface area contributed by atoms with Crippen LogP contribution in [0.2, 0.25) is 0 Å². The Morgan fingerprint density at radius 1 is 1.22 bits per heavy atom. The lowest BCUT2D eigenvalue weighted by Crippen LogP contribution is -2.03. The molecule has 2 aromatic rings. The third kappa shape index (κ3) is 4.11. The van der Waals surface area contributed by atoms with E-state index in [-0.39, 0.29) is 0 Å². The average Bonchev–Trinajstić information content (AvgIpc) is 2.82. The summed E-state index contributed by atoms with van der Waals surface area (Å²) in [7, 11) is 0. The van der Waals surface area contributed by atoms with Crippen LogP contribution in [0.5, 0.6) is 0 Å². The van der Waals surface area contributed by atoms with Gasteiger partial charge in [0, 0.05) is 17.7 Å². The number of carbonyl (C=O) groups is 1. The van der Waals surface area contributed by atoms with Crippen LogP contribution in [-0.2, 0) is 17.6 Å².